The Labute approximate surface area is 147 Å². The molecule has 2 rings (SSSR count). The molecule has 138 valence electrons. The van der Waals surface area contributed by atoms with Gasteiger partial charge in [0.2, 0.25) is 0 Å². The van der Waals surface area contributed by atoms with Crippen LogP contribution in [-0.4, -0.2) is 31.1 Å². The molecule has 0 radical (unpaired) electrons. The van der Waals surface area contributed by atoms with E-state index < -0.39 is 17.6 Å². The number of hydrogen-bond donors (Lipinski definition) is 1. The van der Waals surface area contributed by atoms with Crippen LogP contribution in [0.1, 0.15) is 49.8 Å². The lowest BCUT2D eigenvalue weighted by Crippen LogP contribution is -2.45. The molecule has 0 bridgehead atoms. The molecule has 0 unspecified atom stereocenters. The molecule has 0 aromatic heterocycles. The van der Waals surface area contributed by atoms with Gasteiger partial charge in [-0.3, -0.25) is 4.90 Å². The first-order chi connectivity index (χ1) is 10.9. The van der Waals surface area contributed by atoms with Gasteiger partial charge in [-0.1, -0.05) is 32.3 Å². The number of alkyl halides is 3. The SMILES string of the molecule is CCCCC[C@H](c1ccc(F)cc1C(F)(F)F)N1CCNCC1.Cl. The van der Waals surface area contributed by atoms with Gasteiger partial charge in [0.1, 0.15) is 5.82 Å². The minimum absolute atomic E-state index is 0. The van der Waals surface area contributed by atoms with Crippen LogP contribution in [0.4, 0.5) is 17.6 Å². The predicted octanol–water partition coefficient (Wildman–Crippen LogP) is 4.79. The maximum absolute atomic E-state index is 13.4. The molecule has 1 aliphatic heterocycles. The maximum atomic E-state index is 13.4. The largest absolute Gasteiger partial charge is 0.416 e. The Bertz CT molecular complexity index is 502. The zero-order chi connectivity index (χ0) is 16.9. The Kier molecular flexibility index (Phi) is 8.46. The molecule has 1 fully saturated rings. The Balaban J connectivity index is 0.00000288. The number of halogens is 5. The standard InChI is InChI=1S/C17H24F4N2.ClH/c1-2-3-4-5-16(23-10-8-22-9-11-23)14-7-6-13(18)12-15(14)17(19,20)21;/h6-7,12,16,22H,2-5,8-11H2,1H3;1H/t16-;/m1./s1. The lowest BCUT2D eigenvalue weighted by molar-refractivity contribution is -0.139. The Hall–Kier alpha value is -0.850. The number of piperazine rings is 1. The van der Waals surface area contributed by atoms with E-state index in [9.17, 15) is 17.6 Å². The molecule has 1 aromatic carbocycles. The minimum Gasteiger partial charge on any atom is -0.314 e. The average Bonchev–Trinajstić information content (AvgIpc) is 2.52. The van der Waals surface area contributed by atoms with Crippen LogP contribution >= 0.6 is 12.4 Å². The van der Waals surface area contributed by atoms with E-state index in [0.29, 0.717) is 25.6 Å². The number of nitrogens with one attached hydrogen (secondary N) is 1. The molecule has 0 saturated carbocycles. The van der Waals surface area contributed by atoms with Crippen molar-refractivity contribution < 1.29 is 17.6 Å². The van der Waals surface area contributed by atoms with Crippen molar-refractivity contribution in [3.63, 3.8) is 0 Å². The van der Waals surface area contributed by atoms with Crippen molar-refractivity contribution in [1.82, 2.24) is 10.2 Å². The van der Waals surface area contributed by atoms with E-state index in [0.717, 1.165) is 38.4 Å². The number of rotatable bonds is 6. The summed E-state index contributed by atoms with van der Waals surface area (Å²) in [5.41, 5.74) is -0.630. The molecule has 1 aliphatic rings. The van der Waals surface area contributed by atoms with Crippen LogP contribution in [0.15, 0.2) is 18.2 Å². The first-order valence-corrected chi connectivity index (χ1v) is 8.25. The van der Waals surface area contributed by atoms with E-state index in [4.69, 9.17) is 0 Å². The lowest BCUT2D eigenvalue weighted by Gasteiger charge is -2.36. The summed E-state index contributed by atoms with van der Waals surface area (Å²) in [6.45, 7) is 5.04. The molecule has 0 spiro atoms. The van der Waals surface area contributed by atoms with Crippen LogP contribution in [0.2, 0.25) is 0 Å². The molecule has 1 saturated heterocycles. The van der Waals surface area contributed by atoms with E-state index in [1.165, 1.54) is 6.07 Å². The molecular formula is C17H25ClF4N2. The Morgan fingerprint density at radius 2 is 1.83 bits per heavy atom. The molecule has 1 heterocycles. The summed E-state index contributed by atoms with van der Waals surface area (Å²) in [4.78, 5) is 2.09. The first kappa shape index (κ1) is 21.2. The summed E-state index contributed by atoms with van der Waals surface area (Å²) in [7, 11) is 0. The zero-order valence-corrected chi connectivity index (χ0v) is 14.7. The van der Waals surface area contributed by atoms with Crippen LogP contribution in [0.25, 0.3) is 0 Å². The summed E-state index contributed by atoms with van der Waals surface area (Å²) in [5.74, 6) is -0.839. The van der Waals surface area contributed by atoms with Crippen molar-refractivity contribution >= 4 is 12.4 Å². The van der Waals surface area contributed by atoms with Gasteiger partial charge in [-0.2, -0.15) is 13.2 Å². The van der Waals surface area contributed by atoms with Crippen LogP contribution in [0.3, 0.4) is 0 Å². The molecule has 24 heavy (non-hydrogen) atoms. The fourth-order valence-corrected chi connectivity index (χ4v) is 3.18. The van der Waals surface area contributed by atoms with Crippen molar-refractivity contribution in [2.45, 2.75) is 44.8 Å². The predicted molar refractivity (Wildman–Crippen MR) is 90.0 cm³/mol. The molecule has 1 atom stereocenters. The number of hydrogen-bond acceptors (Lipinski definition) is 2. The first-order valence-electron chi connectivity index (χ1n) is 8.25. The zero-order valence-electron chi connectivity index (χ0n) is 13.8. The van der Waals surface area contributed by atoms with Gasteiger partial charge >= 0.3 is 6.18 Å². The van der Waals surface area contributed by atoms with Crippen molar-refractivity contribution in [2.24, 2.45) is 0 Å². The lowest BCUT2D eigenvalue weighted by atomic mass is 9.93. The van der Waals surface area contributed by atoms with E-state index in [1.54, 1.807) is 0 Å². The van der Waals surface area contributed by atoms with E-state index in [1.807, 2.05) is 0 Å². The second-order valence-electron chi connectivity index (χ2n) is 6.03. The second kappa shape index (κ2) is 9.59. The number of unbranched alkanes of at least 4 members (excludes halogenated alkanes) is 2. The van der Waals surface area contributed by atoms with Gasteiger partial charge in [0.15, 0.2) is 0 Å². The molecule has 1 N–H and O–H groups in total. The topological polar surface area (TPSA) is 15.3 Å². The third-order valence-electron chi connectivity index (χ3n) is 4.35. The Morgan fingerprint density at radius 1 is 1.17 bits per heavy atom. The highest BCUT2D eigenvalue weighted by Gasteiger charge is 2.37. The Morgan fingerprint density at radius 3 is 2.42 bits per heavy atom. The van der Waals surface area contributed by atoms with Crippen molar-refractivity contribution in [1.29, 1.82) is 0 Å². The van der Waals surface area contributed by atoms with Crippen LogP contribution < -0.4 is 5.32 Å². The van der Waals surface area contributed by atoms with Gasteiger partial charge in [-0.05, 0) is 24.1 Å². The highest BCUT2D eigenvalue weighted by Crippen LogP contribution is 2.38. The van der Waals surface area contributed by atoms with Crippen molar-refractivity contribution in [3.05, 3.63) is 35.1 Å². The smallest absolute Gasteiger partial charge is 0.314 e. The van der Waals surface area contributed by atoms with Crippen LogP contribution in [0, 0.1) is 5.82 Å². The number of benzene rings is 1. The second-order valence-corrected chi connectivity index (χ2v) is 6.03. The molecule has 7 heteroatoms. The van der Waals surface area contributed by atoms with Crippen molar-refractivity contribution in [2.75, 3.05) is 26.2 Å². The average molecular weight is 369 g/mol. The highest BCUT2D eigenvalue weighted by molar-refractivity contribution is 5.85. The monoisotopic (exact) mass is 368 g/mol. The summed E-state index contributed by atoms with van der Waals surface area (Å²) in [6, 6.07) is 2.78. The van der Waals surface area contributed by atoms with Gasteiger partial charge < -0.3 is 5.32 Å². The minimum atomic E-state index is -4.53. The van der Waals surface area contributed by atoms with Gasteiger partial charge in [0.25, 0.3) is 0 Å². The third kappa shape index (κ3) is 5.60. The van der Waals surface area contributed by atoms with Crippen LogP contribution in [-0.2, 0) is 6.18 Å². The van der Waals surface area contributed by atoms with E-state index >= 15 is 0 Å². The van der Waals surface area contributed by atoms with E-state index in [-0.39, 0.29) is 24.0 Å². The van der Waals surface area contributed by atoms with Gasteiger partial charge in [0, 0.05) is 32.2 Å². The quantitative estimate of drug-likeness (QED) is 0.573. The number of nitrogens with zero attached hydrogens (tertiary/aromatic N) is 1. The molecule has 0 aliphatic carbocycles. The molecular weight excluding hydrogens is 344 g/mol. The molecule has 1 aromatic rings. The fourth-order valence-electron chi connectivity index (χ4n) is 3.18. The third-order valence-corrected chi connectivity index (χ3v) is 4.35. The normalized spacial score (nSPS) is 17.4. The van der Waals surface area contributed by atoms with Gasteiger partial charge in [0.05, 0.1) is 5.56 Å². The highest BCUT2D eigenvalue weighted by atomic mass is 35.5. The summed E-state index contributed by atoms with van der Waals surface area (Å²) >= 11 is 0. The van der Waals surface area contributed by atoms with Gasteiger partial charge in [-0.15, -0.1) is 12.4 Å². The van der Waals surface area contributed by atoms with Crippen molar-refractivity contribution in [3.8, 4) is 0 Å². The summed E-state index contributed by atoms with van der Waals surface area (Å²) < 4.78 is 53.4. The fraction of sp³-hybridized carbons (Fsp3) is 0.647. The van der Waals surface area contributed by atoms with Crippen LogP contribution in [0.5, 0.6) is 0 Å². The molecule has 2 nitrogen and oxygen atoms in total. The van der Waals surface area contributed by atoms with E-state index in [2.05, 4.69) is 17.1 Å². The molecule has 0 amide bonds. The summed E-state index contributed by atoms with van der Waals surface area (Å²) in [6.07, 6.45) is -0.980. The summed E-state index contributed by atoms with van der Waals surface area (Å²) in [5, 5.41) is 3.22. The van der Waals surface area contributed by atoms with Gasteiger partial charge in [-0.25, -0.2) is 4.39 Å². The maximum Gasteiger partial charge on any atom is 0.416 e.